The van der Waals surface area contributed by atoms with Gasteiger partial charge in [0.1, 0.15) is 4.99 Å². The van der Waals surface area contributed by atoms with E-state index in [0.29, 0.717) is 10.9 Å². The van der Waals surface area contributed by atoms with Crippen LogP contribution in [0.25, 0.3) is 0 Å². The molecule has 0 saturated carbocycles. The fourth-order valence-electron chi connectivity index (χ4n) is 1.03. The van der Waals surface area contributed by atoms with E-state index in [2.05, 4.69) is 18.9 Å². The van der Waals surface area contributed by atoms with Crippen molar-refractivity contribution in [2.75, 3.05) is 0 Å². The van der Waals surface area contributed by atoms with Crippen molar-refractivity contribution in [3.8, 4) is 0 Å². The molecule has 66 valence electrons. The predicted molar refractivity (Wildman–Crippen MR) is 53.0 cm³/mol. The fraction of sp³-hybridized carbons (Fsp3) is 0.500. The second-order valence-electron chi connectivity index (χ2n) is 3.16. The van der Waals surface area contributed by atoms with Crippen molar-refractivity contribution in [2.24, 2.45) is 11.7 Å². The normalized spacial score (nSPS) is 10.6. The van der Waals surface area contributed by atoms with Gasteiger partial charge in [-0.25, -0.2) is 0 Å². The summed E-state index contributed by atoms with van der Waals surface area (Å²) >= 11 is 4.87. The van der Waals surface area contributed by atoms with Gasteiger partial charge in [-0.15, -0.1) is 0 Å². The maximum absolute atomic E-state index is 5.51. The van der Waals surface area contributed by atoms with E-state index in [9.17, 15) is 0 Å². The largest absolute Gasteiger partial charge is 0.388 e. The van der Waals surface area contributed by atoms with Crippen LogP contribution in [0.3, 0.4) is 0 Å². The van der Waals surface area contributed by atoms with Crippen molar-refractivity contribution in [1.29, 1.82) is 0 Å². The molecule has 1 aromatic heterocycles. The average molecular weight is 183 g/mol. The molecule has 0 fully saturated rings. The van der Waals surface area contributed by atoms with Crippen LogP contribution in [-0.2, 0) is 6.54 Å². The standard InChI is InChI=1S/C8H13N3S/c1-6(2)5-11-7(8(9)12)3-4-10-11/h3-4,6H,5H2,1-2H3,(H2,9,12). The molecule has 0 bridgehead atoms. The van der Waals surface area contributed by atoms with E-state index in [1.165, 1.54) is 0 Å². The third-order valence-corrected chi connectivity index (χ3v) is 1.72. The molecule has 0 aliphatic heterocycles. The van der Waals surface area contributed by atoms with Gasteiger partial charge in [-0.05, 0) is 12.0 Å². The van der Waals surface area contributed by atoms with Crippen LogP contribution < -0.4 is 5.73 Å². The molecule has 0 saturated heterocycles. The summed E-state index contributed by atoms with van der Waals surface area (Å²) in [5, 5.41) is 4.13. The van der Waals surface area contributed by atoms with Crippen molar-refractivity contribution < 1.29 is 0 Å². The molecule has 0 amide bonds. The Hall–Kier alpha value is -0.900. The molecular formula is C8H13N3S. The maximum Gasteiger partial charge on any atom is 0.122 e. The quantitative estimate of drug-likeness (QED) is 0.715. The minimum absolute atomic E-state index is 0.410. The Balaban J connectivity index is 2.84. The lowest BCUT2D eigenvalue weighted by molar-refractivity contribution is 0.481. The van der Waals surface area contributed by atoms with Gasteiger partial charge in [-0.1, -0.05) is 26.1 Å². The zero-order valence-corrected chi connectivity index (χ0v) is 8.14. The average Bonchev–Trinajstić information content (AvgIpc) is 2.33. The Labute approximate surface area is 77.6 Å². The number of hydrogen-bond acceptors (Lipinski definition) is 2. The number of aromatic nitrogens is 2. The summed E-state index contributed by atoms with van der Waals surface area (Å²) in [5.41, 5.74) is 6.35. The minimum Gasteiger partial charge on any atom is -0.388 e. The molecule has 0 aliphatic rings. The molecule has 0 aromatic carbocycles. The summed E-state index contributed by atoms with van der Waals surface area (Å²) in [6.45, 7) is 5.12. The molecule has 1 aromatic rings. The van der Waals surface area contributed by atoms with E-state index in [-0.39, 0.29) is 0 Å². The highest BCUT2D eigenvalue weighted by molar-refractivity contribution is 7.80. The van der Waals surface area contributed by atoms with Gasteiger partial charge in [0.25, 0.3) is 0 Å². The van der Waals surface area contributed by atoms with Crippen LogP contribution in [0, 0.1) is 5.92 Å². The zero-order valence-electron chi connectivity index (χ0n) is 7.32. The molecule has 0 radical (unpaired) electrons. The summed E-state index contributed by atoms with van der Waals surface area (Å²) in [7, 11) is 0. The summed E-state index contributed by atoms with van der Waals surface area (Å²) in [5.74, 6) is 0.554. The van der Waals surface area contributed by atoms with Crippen molar-refractivity contribution >= 4 is 17.2 Å². The highest BCUT2D eigenvalue weighted by Gasteiger charge is 2.05. The first kappa shape index (κ1) is 9.19. The Bertz CT molecular complexity index is 278. The van der Waals surface area contributed by atoms with E-state index in [0.717, 1.165) is 12.2 Å². The van der Waals surface area contributed by atoms with E-state index in [4.69, 9.17) is 18.0 Å². The van der Waals surface area contributed by atoms with Crippen LogP contribution in [-0.4, -0.2) is 14.8 Å². The van der Waals surface area contributed by atoms with Crippen LogP contribution in [0.15, 0.2) is 12.3 Å². The molecule has 3 nitrogen and oxygen atoms in total. The Morgan fingerprint density at radius 3 is 2.92 bits per heavy atom. The Morgan fingerprint density at radius 2 is 2.42 bits per heavy atom. The number of hydrogen-bond donors (Lipinski definition) is 1. The topological polar surface area (TPSA) is 43.8 Å². The van der Waals surface area contributed by atoms with Crippen molar-refractivity contribution in [3.05, 3.63) is 18.0 Å². The Morgan fingerprint density at radius 1 is 1.75 bits per heavy atom. The van der Waals surface area contributed by atoms with E-state index in [1.807, 2.05) is 10.7 Å². The predicted octanol–water partition coefficient (Wildman–Crippen LogP) is 1.17. The molecule has 4 heteroatoms. The molecule has 1 rings (SSSR count). The summed E-state index contributed by atoms with van der Waals surface area (Å²) in [6, 6.07) is 1.84. The third-order valence-electron chi connectivity index (χ3n) is 1.51. The molecular weight excluding hydrogens is 170 g/mol. The number of thiocarbonyl (C=S) groups is 1. The summed E-state index contributed by atoms with van der Waals surface area (Å²) < 4.78 is 1.84. The van der Waals surface area contributed by atoms with Crippen LogP contribution in [0.5, 0.6) is 0 Å². The van der Waals surface area contributed by atoms with Gasteiger partial charge in [-0.2, -0.15) is 5.10 Å². The lowest BCUT2D eigenvalue weighted by Gasteiger charge is -2.07. The lowest BCUT2D eigenvalue weighted by Crippen LogP contribution is -2.18. The van der Waals surface area contributed by atoms with Gasteiger partial charge in [0, 0.05) is 12.7 Å². The van der Waals surface area contributed by atoms with Gasteiger partial charge in [0.15, 0.2) is 0 Å². The van der Waals surface area contributed by atoms with Gasteiger partial charge in [0.05, 0.1) is 5.69 Å². The fourth-order valence-corrected chi connectivity index (χ4v) is 1.21. The first-order chi connectivity index (χ1) is 5.61. The summed E-state index contributed by atoms with van der Waals surface area (Å²) in [4.78, 5) is 0.410. The molecule has 0 aliphatic carbocycles. The van der Waals surface area contributed by atoms with Crippen LogP contribution in [0.4, 0.5) is 0 Å². The zero-order chi connectivity index (χ0) is 9.14. The van der Waals surface area contributed by atoms with Crippen molar-refractivity contribution in [1.82, 2.24) is 9.78 Å². The van der Waals surface area contributed by atoms with Gasteiger partial charge in [0.2, 0.25) is 0 Å². The number of nitrogens with zero attached hydrogens (tertiary/aromatic N) is 2. The molecule has 12 heavy (non-hydrogen) atoms. The monoisotopic (exact) mass is 183 g/mol. The van der Waals surface area contributed by atoms with E-state index in [1.54, 1.807) is 6.20 Å². The third kappa shape index (κ3) is 2.04. The van der Waals surface area contributed by atoms with Crippen molar-refractivity contribution in [3.63, 3.8) is 0 Å². The molecule has 0 unspecified atom stereocenters. The van der Waals surface area contributed by atoms with Crippen molar-refractivity contribution in [2.45, 2.75) is 20.4 Å². The highest BCUT2D eigenvalue weighted by Crippen LogP contribution is 2.03. The lowest BCUT2D eigenvalue weighted by atomic mass is 10.2. The SMILES string of the molecule is CC(C)Cn1nccc1C(N)=S. The second kappa shape index (κ2) is 3.67. The molecule has 0 spiro atoms. The maximum atomic E-state index is 5.51. The Kier molecular flexibility index (Phi) is 2.81. The van der Waals surface area contributed by atoms with Crippen LogP contribution in [0.1, 0.15) is 19.5 Å². The molecule has 0 atom stereocenters. The van der Waals surface area contributed by atoms with Crippen LogP contribution >= 0.6 is 12.2 Å². The highest BCUT2D eigenvalue weighted by atomic mass is 32.1. The number of nitrogens with two attached hydrogens (primary N) is 1. The second-order valence-corrected chi connectivity index (χ2v) is 3.60. The van der Waals surface area contributed by atoms with Crippen LogP contribution in [0.2, 0.25) is 0 Å². The van der Waals surface area contributed by atoms with Gasteiger partial charge in [-0.3, -0.25) is 4.68 Å². The first-order valence-electron chi connectivity index (χ1n) is 3.93. The smallest absolute Gasteiger partial charge is 0.122 e. The number of rotatable bonds is 3. The van der Waals surface area contributed by atoms with E-state index >= 15 is 0 Å². The minimum atomic E-state index is 0.410. The molecule has 2 N–H and O–H groups in total. The van der Waals surface area contributed by atoms with Gasteiger partial charge < -0.3 is 5.73 Å². The molecule has 1 heterocycles. The first-order valence-corrected chi connectivity index (χ1v) is 4.33. The van der Waals surface area contributed by atoms with E-state index < -0.39 is 0 Å². The van der Waals surface area contributed by atoms with Gasteiger partial charge >= 0.3 is 0 Å². The summed E-state index contributed by atoms with van der Waals surface area (Å²) in [6.07, 6.45) is 1.72.